The Kier molecular flexibility index (Phi) is 4.30. The van der Waals surface area contributed by atoms with E-state index >= 15 is 0 Å². The Morgan fingerprint density at radius 3 is 2.08 bits per heavy atom. The second-order valence-corrected chi connectivity index (χ2v) is 6.38. The number of hydrogen-bond acceptors (Lipinski definition) is 3. The standard InChI is InChI=1S/C22H21N3/c1-16(19-14-8-9-15-23-19)22-24-20(17-10-4-2-5-11-17)21(25-22)18-12-6-3-7-13-18/h2-16,20-21H,1H3,(H,24,25)/t16?,20-,21+. The summed E-state index contributed by atoms with van der Waals surface area (Å²) in [5, 5.41) is 3.66. The van der Waals surface area contributed by atoms with E-state index in [1.807, 2.05) is 30.5 Å². The fourth-order valence-electron chi connectivity index (χ4n) is 3.35. The lowest BCUT2D eigenvalue weighted by atomic mass is 9.95. The number of aliphatic imine (C=N–C) groups is 1. The van der Waals surface area contributed by atoms with Gasteiger partial charge in [-0.05, 0) is 30.2 Å². The Morgan fingerprint density at radius 1 is 0.800 bits per heavy atom. The summed E-state index contributed by atoms with van der Waals surface area (Å²) >= 11 is 0. The van der Waals surface area contributed by atoms with Crippen LogP contribution >= 0.6 is 0 Å². The van der Waals surface area contributed by atoms with Crippen LogP contribution in [0.15, 0.2) is 90.1 Å². The molecule has 0 amide bonds. The fourth-order valence-corrected chi connectivity index (χ4v) is 3.35. The van der Waals surface area contributed by atoms with Gasteiger partial charge in [-0.15, -0.1) is 0 Å². The third-order valence-corrected chi connectivity index (χ3v) is 4.74. The number of hydrogen-bond donors (Lipinski definition) is 1. The first kappa shape index (κ1) is 15.6. The van der Waals surface area contributed by atoms with Crippen molar-refractivity contribution in [2.45, 2.75) is 24.9 Å². The van der Waals surface area contributed by atoms with Gasteiger partial charge in [0, 0.05) is 6.20 Å². The van der Waals surface area contributed by atoms with E-state index < -0.39 is 0 Å². The predicted octanol–water partition coefficient (Wildman–Crippen LogP) is 4.67. The minimum absolute atomic E-state index is 0.0739. The van der Waals surface area contributed by atoms with Gasteiger partial charge in [-0.2, -0.15) is 0 Å². The number of nitrogens with one attached hydrogen (secondary N) is 1. The highest BCUT2D eigenvalue weighted by Crippen LogP contribution is 2.37. The molecule has 3 atom stereocenters. The quantitative estimate of drug-likeness (QED) is 0.756. The molecular weight excluding hydrogens is 306 g/mol. The van der Waals surface area contributed by atoms with Crippen LogP contribution in [-0.2, 0) is 0 Å². The smallest absolute Gasteiger partial charge is 0.107 e. The number of rotatable bonds is 4. The maximum absolute atomic E-state index is 5.06. The normalized spacial score (nSPS) is 20.6. The lowest BCUT2D eigenvalue weighted by molar-refractivity contribution is 0.570. The topological polar surface area (TPSA) is 37.3 Å². The van der Waals surface area contributed by atoms with Gasteiger partial charge in [0.2, 0.25) is 0 Å². The molecule has 3 heteroatoms. The lowest BCUT2D eigenvalue weighted by Crippen LogP contribution is -2.28. The SMILES string of the molecule is CC(C1=N[C@@H](c2ccccc2)[C@@H](c2ccccc2)N1)c1ccccn1. The van der Waals surface area contributed by atoms with Crippen molar-refractivity contribution < 1.29 is 0 Å². The Balaban J connectivity index is 1.70. The van der Waals surface area contributed by atoms with Gasteiger partial charge in [0.15, 0.2) is 0 Å². The van der Waals surface area contributed by atoms with Gasteiger partial charge >= 0.3 is 0 Å². The van der Waals surface area contributed by atoms with E-state index in [1.54, 1.807) is 0 Å². The van der Waals surface area contributed by atoms with Crippen molar-refractivity contribution >= 4 is 5.84 Å². The average Bonchev–Trinajstić information content (AvgIpc) is 3.15. The van der Waals surface area contributed by atoms with Crippen molar-refractivity contribution in [1.29, 1.82) is 0 Å². The lowest BCUT2D eigenvalue weighted by Gasteiger charge is -2.20. The fraction of sp³-hybridized carbons (Fsp3) is 0.182. The van der Waals surface area contributed by atoms with Gasteiger partial charge in [-0.3, -0.25) is 9.98 Å². The molecule has 1 aliphatic heterocycles. The molecule has 1 aliphatic rings. The van der Waals surface area contributed by atoms with E-state index in [4.69, 9.17) is 4.99 Å². The van der Waals surface area contributed by atoms with Gasteiger partial charge in [-0.1, -0.05) is 66.7 Å². The molecule has 1 aromatic heterocycles. The van der Waals surface area contributed by atoms with E-state index in [2.05, 4.69) is 71.8 Å². The molecule has 2 heterocycles. The van der Waals surface area contributed by atoms with E-state index in [-0.39, 0.29) is 18.0 Å². The molecule has 0 fully saturated rings. The highest BCUT2D eigenvalue weighted by Gasteiger charge is 2.33. The van der Waals surface area contributed by atoms with Gasteiger partial charge in [0.25, 0.3) is 0 Å². The van der Waals surface area contributed by atoms with E-state index in [9.17, 15) is 0 Å². The van der Waals surface area contributed by atoms with Crippen LogP contribution in [0.3, 0.4) is 0 Å². The summed E-state index contributed by atoms with van der Waals surface area (Å²) in [4.78, 5) is 9.56. The highest BCUT2D eigenvalue weighted by molar-refractivity contribution is 5.90. The Bertz CT molecular complexity index is 844. The third-order valence-electron chi connectivity index (χ3n) is 4.74. The number of pyridine rings is 1. The maximum Gasteiger partial charge on any atom is 0.107 e. The molecule has 4 rings (SSSR count). The molecule has 0 bridgehead atoms. The predicted molar refractivity (Wildman–Crippen MR) is 102 cm³/mol. The average molecular weight is 327 g/mol. The molecular formula is C22H21N3. The molecule has 25 heavy (non-hydrogen) atoms. The molecule has 1 N–H and O–H groups in total. The molecule has 2 aromatic carbocycles. The van der Waals surface area contributed by atoms with Crippen LogP contribution in [0.25, 0.3) is 0 Å². The van der Waals surface area contributed by atoms with Crippen molar-refractivity contribution in [3.05, 3.63) is 102 Å². The monoisotopic (exact) mass is 327 g/mol. The van der Waals surface area contributed by atoms with E-state index in [1.165, 1.54) is 11.1 Å². The number of benzene rings is 2. The zero-order valence-electron chi connectivity index (χ0n) is 14.2. The summed E-state index contributed by atoms with van der Waals surface area (Å²) < 4.78 is 0. The number of amidine groups is 1. The Morgan fingerprint density at radius 2 is 1.44 bits per heavy atom. The summed E-state index contributed by atoms with van der Waals surface area (Å²) in [7, 11) is 0. The number of nitrogens with zero attached hydrogens (tertiary/aromatic N) is 2. The van der Waals surface area contributed by atoms with Crippen molar-refractivity contribution in [1.82, 2.24) is 10.3 Å². The molecule has 0 saturated carbocycles. The van der Waals surface area contributed by atoms with Crippen LogP contribution < -0.4 is 5.32 Å². The largest absolute Gasteiger partial charge is 0.364 e. The highest BCUT2D eigenvalue weighted by atomic mass is 15.1. The molecule has 3 aromatic rings. The van der Waals surface area contributed by atoms with Gasteiger partial charge in [-0.25, -0.2) is 0 Å². The van der Waals surface area contributed by atoms with Crippen LogP contribution in [0.2, 0.25) is 0 Å². The minimum Gasteiger partial charge on any atom is -0.364 e. The molecule has 124 valence electrons. The molecule has 0 radical (unpaired) electrons. The zero-order chi connectivity index (χ0) is 17.1. The van der Waals surface area contributed by atoms with Crippen LogP contribution in [0.5, 0.6) is 0 Å². The van der Waals surface area contributed by atoms with Crippen molar-refractivity contribution in [3.8, 4) is 0 Å². The van der Waals surface area contributed by atoms with Gasteiger partial charge < -0.3 is 5.32 Å². The Hall–Kier alpha value is -2.94. The molecule has 3 nitrogen and oxygen atoms in total. The first-order valence-corrected chi connectivity index (χ1v) is 8.68. The van der Waals surface area contributed by atoms with Crippen LogP contribution in [0, 0.1) is 0 Å². The first-order valence-electron chi connectivity index (χ1n) is 8.68. The van der Waals surface area contributed by atoms with Crippen molar-refractivity contribution in [2.24, 2.45) is 4.99 Å². The van der Waals surface area contributed by atoms with Crippen LogP contribution in [0.1, 0.15) is 41.7 Å². The van der Waals surface area contributed by atoms with Crippen molar-refractivity contribution in [2.75, 3.05) is 0 Å². The molecule has 0 aliphatic carbocycles. The molecule has 0 spiro atoms. The van der Waals surface area contributed by atoms with Crippen LogP contribution in [-0.4, -0.2) is 10.8 Å². The zero-order valence-corrected chi connectivity index (χ0v) is 14.2. The summed E-state index contributed by atoms with van der Waals surface area (Å²) in [5.41, 5.74) is 3.52. The summed E-state index contributed by atoms with van der Waals surface area (Å²) in [6.07, 6.45) is 1.84. The van der Waals surface area contributed by atoms with Gasteiger partial charge in [0.05, 0.1) is 17.7 Å². The van der Waals surface area contributed by atoms with E-state index in [0.717, 1.165) is 11.5 Å². The summed E-state index contributed by atoms with van der Waals surface area (Å²) in [6.45, 7) is 2.16. The number of aromatic nitrogens is 1. The minimum atomic E-state index is 0.0739. The summed E-state index contributed by atoms with van der Waals surface area (Å²) in [6, 6.07) is 27.3. The molecule has 1 unspecified atom stereocenters. The molecule has 0 saturated heterocycles. The van der Waals surface area contributed by atoms with Crippen LogP contribution in [0.4, 0.5) is 0 Å². The van der Waals surface area contributed by atoms with Crippen molar-refractivity contribution in [3.63, 3.8) is 0 Å². The van der Waals surface area contributed by atoms with Gasteiger partial charge in [0.1, 0.15) is 11.9 Å². The first-order chi connectivity index (χ1) is 12.3. The maximum atomic E-state index is 5.06. The van der Waals surface area contributed by atoms with E-state index in [0.29, 0.717) is 0 Å². The second kappa shape index (κ2) is 6.89. The summed E-state index contributed by atoms with van der Waals surface area (Å²) in [5.74, 6) is 1.14. The third kappa shape index (κ3) is 3.18. The second-order valence-electron chi connectivity index (χ2n) is 6.38. The Labute approximate surface area is 148 Å².